The van der Waals surface area contributed by atoms with Crippen molar-refractivity contribution in [1.82, 2.24) is 9.97 Å². The molecular formula is C4H6BrClN4. The van der Waals surface area contributed by atoms with Crippen LogP contribution < -0.4 is 11.5 Å². The maximum Gasteiger partial charge on any atom is 0.221 e. The van der Waals surface area contributed by atoms with Crippen molar-refractivity contribution in [3.05, 3.63) is 10.7 Å². The van der Waals surface area contributed by atoms with Crippen molar-refractivity contribution in [1.29, 1.82) is 0 Å². The number of hydrogen-bond donors (Lipinski definition) is 2. The minimum absolute atomic E-state index is 0. The third kappa shape index (κ3) is 2.00. The number of nitrogens with two attached hydrogens (primary N) is 2. The summed E-state index contributed by atoms with van der Waals surface area (Å²) >= 11 is 3.12. The Bertz CT molecular complexity index is 228. The fraction of sp³-hybridized carbons (Fsp3) is 0. The number of halogens is 2. The van der Waals surface area contributed by atoms with Crippen LogP contribution in [0.4, 0.5) is 11.8 Å². The summed E-state index contributed by atoms with van der Waals surface area (Å²) in [6.07, 6.45) is 1.51. The summed E-state index contributed by atoms with van der Waals surface area (Å²) in [5.41, 5.74) is 10.5. The summed E-state index contributed by atoms with van der Waals surface area (Å²) in [6, 6.07) is 0. The van der Waals surface area contributed by atoms with Gasteiger partial charge in [-0.05, 0) is 15.9 Å². The summed E-state index contributed by atoms with van der Waals surface area (Å²) in [7, 11) is 0. The van der Waals surface area contributed by atoms with E-state index in [4.69, 9.17) is 11.5 Å². The van der Waals surface area contributed by atoms with E-state index in [1.165, 1.54) is 6.20 Å². The molecule has 0 amide bonds. The number of anilines is 2. The van der Waals surface area contributed by atoms with Crippen LogP contribution >= 0.6 is 28.3 Å². The van der Waals surface area contributed by atoms with Crippen LogP contribution in [-0.2, 0) is 0 Å². The van der Waals surface area contributed by atoms with Crippen LogP contribution in [0.3, 0.4) is 0 Å². The molecule has 0 radical (unpaired) electrons. The average molecular weight is 225 g/mol. The predicted octanol–water partition coefficient (Wildman–Crippen LogP) is 0.825. The summed E-state index contributed by atoms with van der Waals surface area (Å²) in [6.45, 7) is 0. The van der Waals surface area contributed by atoms with Gasteiger partial charge in [0, 0.05) is 6.20 Å². The minimum Gasteiger partial charge on any atom is -0.383 e. The topological polar surface area (TPSA) is 77.8 Å². The highest BCUT2D eigenvalue weighted by molar-refractivity contribution is 9.10. The fourth-order valence-corrected chi connectivity index (χ4v) is 0.586. The SMILES string of the molecule is Cl.Nc1ncc(Br)c(N)n1. The molecule has 1 aromatic rings. The van der Waals surface area contributed by atoms with E-state index in [9.17, 15) is 0 Å². The van der Waals surface area contributed by atoms with Gasteiger partial charge in [0.15, 0.2) is 0 Å². The normalized spacial score (nSPS) is 8.50. The maximum absolute atomic E-state index is 5.34. The Hall–Kier alpha value is -0.550. The highest BCUT2D eigenvalue weighted by Crippen LogP contribution is 2.14. The third-order valence-electron chi connectivity index (χ3n) is 0.790. The smallest absolute Gasteiger partial charge is 0.221 e. The van der Waals surface area contributed by atoms with E-state index in [-0.39, 0.29) is 18.4 Å². The Morgan fingerprint density at radius 3 is 2.40 bits per heavy atom. The van der Waals surface area contributed by atoms with Crippen LogP contribution in [0, 0.1) is 0 Å². The monoisotopic (exact) mass is 224 g/mol. The van der Waals surface area contributed by atoms with Crippen molar-refractivity contribution in [2.24, 2.45) is 0 Å². The zero-order chi connectivity index (χ0) is 6.85. The van der Waals surface area contributed by atoms with Crippen molar-refractivity contribution in [2.75, 3.05) is 11.5 Å². The minimum atomic E-state index is 0. The van der Waals surface area contributed by atoms with Gasteiger partial charge in [0.2, 0.25) is 5.95 Å². The number of nitrogen functional groups attached to an aromatic ring is 2. The quantitative estimate of drug-likeness (QED) is 0.685. The molecule has 0 aliphatic carbocycles. The van der Waals surface area contributed by atoms with Crippen molar-refractivity contribution in [2.45, 2.75) is 0 Å². The van der Waals surface area contributed by atoms with E-state index >= 15 is 0 Å². The van der Waals surface area contributed by atoms with Gasteiger partial charge >= 0.3 is 0 Å². The van der Waals surface area contributed by atoms with Crippen LogP contribution in [0.2, 0.25) is 0 Å². The number of hydrogen-bond acceptors (Lipinski definition) is 4. The van der Waals surface area contributed by atoms with Gasteiger partial charge in [-0.1, -0.05) is 0 Å². The molecule has 56 valence electrons. The van der Waals surface area contributed by atoms with Gasteiger partial charge in [-0.25, -0.2) is 4.98 Å². The molecule has 0 bridgehead atoms. The lowest BCUT2D eigenvalue weighted by Gasteiger charge is -1.94. The lowest BCUT2D eigenvalue weighted by Crippen LogP contribution is -1.98. The van der Waals surface area contributed by atoms with Crippen LogP contribution in [0.15, 0.2) is 10.7 Å². The van der Waals surface area contributed by atoms with E-state index in [2.05, 4.69) is 25.9 Å². The van der Waals surface area contributed by atoms with Crippen molar-refractivity contribution in [3.63, 3.8) is 0 Å². The Kier molecular flexibility index (Phi) is 3.38. The molecule has 0 aliphatic heterocycles. The standard InChI is InChI=1S/C4H5BrN4.ClH/c5-2-1-8-4(7)9-3(2)6;/h1H,(H4,6,7,8,9);1H. The van der Waals surface area contributed by atoms with Gasteiger partial charge in [0.25, 0.3) is 0 Å². The molecule has 0 aromatic carbocycles. The molecule has 0 fully saturated rings. The molecule has 10 heavy (non-hydrogen) atoms. The number of nitrogens with zero attached hydrogens (tertiary/aromatic N) is 2. The molecule has 0 aliphatic rings. The van der Waals surface area contributed by atoms with Crippen molar-refractivity contribution < 1.29 is 0 Å². The summed E-state index contributed by atoms with van der Waals surface area (Å²) in [4.78, 5) is 7.35. The Morgan fingerprint density at radius 1 is 1.40 bits per heavy atom. The fourth-order valence-electron chi connectivity index (χ4n) is 0.395. The highest BCUT2D eigenvalue weighted by Gasteiger charge is 1.95. The summed E-state index contributed by atoms with van der Waals surface area (Å²) in [5, 5.41) is 0. The summed E-state index contributed by atoms with van der Waals surface area (Å²) < 4.78 is 0.664. The van der Waals surface area contributed by atoms with Crippen LogP contribution in [0.25, 0.3) is 0 Å². The van der Waals surface area contributed by atoms with E-state index < -0.39 is 0 Å². The molecule has 1 rings (SSSR count). The van der Waals surface area contributed by atoms with Gasteiger partial charge in [-0.2, -0.15) is 4.98 Å². The van der Waals surface area contributed by atoms with Gasteiger partial charge in [-0.15, -0.1) is 12.4 Å². The lowest BCUT2D eigenvalue weighted by molar-refractivity contribution is 1.18. The molecule has 4 nitrogen and oxygen atoms in total. The van der Waals surface area contributed by atoms with E-state index in [1.54, 1.807) is 0 Å². The first-order chi connectivity index (χ1) is 4.20. The predicted molar refractivity (Wildman–Crippen MR) is 45.8 cm³/mol. The van der Waals surface area contributed by atoms with Crippen LogP contribution in [-0.4, -0.2) is 9.97 Å². The van der Waals surface area contributed by atoms with Gasteiger partial charge in [0.1, 0.15) is 5.82 Å². The number of aromatic nitrogens is 2. The molecule has 4 N–H and O–H groups in total. The summed E-state index contributed by atoms with van der Waals surface area (Å²) in [5.74, 6) is 0.554. The Balaban J connectivity index is 0.000000810. The zero-order valence-electron chi connectivity index (χ0n) is 4.91. The zero-order valence-corrected chi connectivity index (χ0v) is 7.32. The van der Waals surface area contributed by atoms with Crippen molar-refractivity contribution in [3.8, 4) is 0 Å². The molecule has 0 atom stereocenters. The number of rotatable bonds is 0. The Labute approximate surface area is 72.6 Å². The molecule has 6 heteroatoms. The molecule has 0 saturated carbocycles. The molecular weight excluding hydrogens is 219 g/mol. The second kappa shape index (κ2) is 3.58. The Morgan fingerprint density at radius 2 is 2.00 bits per heavy atom. The van der Waals surface area contributed by atoms with Gasteiger partial charge < -0.3 is 11.5 Å². The molecule has 1 aromatic heterocycles. The van der Waals surface area contributed by atoms with Crippen molar-refractivity contribution >= 4 is 40.1 Å². The second-order valence-electron chi connectivity index (χ2n) is 1.46. The van der Waals surface area contributed by atoms with E-state index in [0.29, 0.717) is 10.3 Å². The molecule has 0 saturated heterocycles. The van der Waals surface area contributed by atoms with Crippen LogP contribution in [0.1, 0.15) is 0 Å². The molecule has 0 unspecified atom stereocenters. The first kappa shape index (κ1) is 9.45. The average Bonchev–Trinajstić information content (AvgIpc) is 1.80. The van der Waals surface area contributed by atoms with E-state index in [1.807, 2.05) is 0 Å². The molecule has 1 heterocycles. The largest absolute Gasteiger partial charge is 0.383 e. The molecule has 0 spiro atoms. The second-order valence-corrected chi connectivity index (χ2v) is 2.32. The van der Waals surface area contributed by atoms with E-state index in [0.717, 1.165) is 0 Å². The van der Waals surface area contributed by atoms with Crippen LogP contribution in [0.5, 0.6) is 0 Å². The van der Waals surface area contributed by atoms with Gasteiger partial charge in [0.05, 0.1) is 4.47 Å². The lowest BCUT2D eigenvalue weighted by atomic mass is 10.6. The van der Waals surface area contributed by atoms with Gasteiger partial charge in [-0.3, -0.25) is 0 Å². The first-order valence-electron chi connectivity index (χ1n) is 2.23. The third-order valence-corrected chi connectivity index (χ3v) is 1.40. The highest BCUT2D eigenvalue weighted by atomic mass is 79.9. The maximum atomic E-state index is 5.34. The first-order valence-corrected chi connectivity index (χ1v) is 3.03.